The second-order valence-corrected chi connectivity index (χ2v) is 6.87. The number of thiazole rings is 2. The van der Waals surface area contributed by atoms with Crippen LogP contribution in [-0.4, -0.2) is 9.97 Å². The van der Waals surface area contributed by atoms with Gasteiger partial charge in [0.2, 0.25) is 0 Å². The number of hydrogen-bond acceptors (Lipinski definition) is 4. The zero-order chi connectivity index (χ0) is 13.9. The minimum Gasteiger partial charge on any atom is -0.242 e. The van der Waals surface area contributed by atoms with Gasteiger partial charge in [-0.1, -0.05) is 24.3 Å². The average Bonchev–Trinajstić information content (AvgIpc) is 2.99. The molecule has 0 spiro atoms. The van der Waals surface area contributed by atoms with Gasteiger partial charge >= 0.3 is 0 Å². The highest BCUT2D eigenvalue weighted by molar-refractivity contribution is 14.0. The van der Waals surface area contributed by atoms with Gasteiger partial charge < -0.3 is 0 Å². The zero-order valence-corrected chi connectivity index (χ0v) is 18.4. The fraction of sp³-hybridized carbons (Fsp3) is 0.125. The van der Waals surface area contributed by atoms with E-state index in [2.05, 4.69) is 22.1 Å². The van der Waals surface area contributed by atoms with Crippen LogP contribution in [0.15, 0.2) is 48.5 Å². The van der Waals surface area contributed by atoms with Gasteiger partial charge in [0.1, 0.15) is 0 Å². The predicted octanol–water partition coefficient (Wildman–Crippen LogP) is 6.45. The maximum Gasteiger partial charge on any atom is 0.0907 e. The van der Waals surface area contributed by atoms with Gasteiger partial charge in [-0.2, -0.15) is 0 Å². The van der Waals surface area contributed by atoms with Crippen LogP contribution in [0.4, 0.5) is 0 Å². The molecule has 2 nitrogen and oxygen atoms in total. The van der Waals surface area contributed by atoms with Crippen molar-refractivity contribution in [1.29, 1.82) is 0 Å². The molecule has 0 saturated carbocycles. The Bertz CT molecular complexity index is 717. The number of aryl methyl sites for hydroxylation is 2. The Kier molecular flexibility index (Phi) is 8.15. The van der Waals surface area contributed by atoms with Gasteiger partial charge in [-0.15, -0.1) is 70.6 Å². The Labute approximate surface area is 172 Å². The fourth-order valence-corrected chi connectivity index (χ4v) is 3.63. The van der Waals surface area contributed by atoms with Crippen LogP contribution >= 0.6 is 70.6 Å². The van der Waals surface area contributed by atoms with Crippen molar-refractivity contribution < 1.29 is 0 Å². The second-order valence-electron chi connectivity index (χ2n) is 4.40. The summed E-state index contributed by atoms with van der Waals surface area (Å²) in [7, 11) is 0. The molecule has 2 aromatic carbocycles. The van der Waals surface area contributed by atoms with Crippen LogP contribution in [0.1, 0.15) is 10.0 Å². The first-order chi connectivity index (χ1) is 9.72. The molecular formula is C16H16I2N2S2. The average molecular weight is 554 g/mol. The van der Waals surface area contributed by atoms with Gasteiger partial charge in [-0.3, -0.25) is 0 Å². The van der Waals surface area contributed by atoms with Gasteiger partial charge in [0.25, 0.3) is 0 Å². The highest BCUT2D eigenvalue weighted by Crippen LogP contribution is 2.20. The molecule has 2 heterocycles. The molecule has 0 atom stereocenters. The smallest absolute Gasteiger partial charge is 0.0907 e. The van der Waals surface area contributed by atoms with Crippen molar-refractivity contribution >= 4 is 91.1 Å². The number of rotatable bonds is 0. The Balaban J connectivity index is 0.000000202. The molecule has 4 rings (SSSR count). The van der Waals surface area contributed by atoms with E-state index in [1.165, 1.54) is 9.40 Å². The summed E-state index contributed by atoms with van der Waals surface area (Å²) in [6.45, 7) is 4.06. The van der Waals surface area contributed by atoms with Gasteiger partial charge in [-0.25, -0.2) is 9.97 Å². The molecule has 0 N–H and O–H groups in total. The second kappa shape index (κ2) is 9.09. The third-order valence-corrected chi connectivity index (χ3v) is 4.71. The largest absolute Gasteiger partial charge is 0.242 e. The molecule has 0 saturated heterocycles. The van der Waals surface area contributed by atoms with E-state index in [4.69, 9.17) is 0 Å². The van der Waals surface area contributed by atoms with Crippen LogP contribution in [-0.2, 0) is 0 Å². The molecule has 0 fully saturated rings. The molecule has 6 heteroatoms. The van der Waals surface area contributed by atoms with Crippen molar-refractivity contribution in [2.75, 3.05) is 0 Å². The Hall–Kier alpha value is -0.320. The van der Waals surface area contributed by atoms with Gasteiger partial charge in [0, 0.05) is 0 Å². The van der Waals surface area contributed by atoms with Crippen molar-refractivity contribution in [2.45, 2.75) is 13.8 Å². The molecule has 0 unspecified atom stereocenters. The lowest BCUT2D eigenvalue weighted by Gasteiger charge is -1.80. The van der Waals surface area contributed by atoms with E-state index in [-0.39, 0.29) is 48.0 Å². The molecule has 2 aromatic heterocycles. The van der Waals surface area contributed by atoms with Crippen LogP contribution in [0.2, 0.25) is 0 Å². The highest BCUT2D eigenvalue weighted by atomic mass is 127. The lowest BCUT2D eigenvalue weighted by atomic mass is 10.3. The number of fused-ring (bicyclic) bond motifs is 2. The third-order valence-electron chi connectivity index (χ3n) is 2.80. The van der Waals surface area contributed by atoms with E-state index >= 15 is 0 Å². The number of hydrogen-bond donors (Lipinski definition) is 0. The van der Waals surface area contributed by atoms with Gasteiger partial charge in [0.15, 0.2) is 0 Å². The normalized spacial score (nSPS) is 9.55. The first-order valence-corrected chi connectivity index (χ1v) is 8.00. The van der Waals surface area contributed by atoms with E-state index < -0.39 is 0 Å². The first kappa shape index (κ1) is 19.7. The summed E-state index contributed by atoms with van der Waals surface area (Å²) in [6, 6.07) is 16.4. The van der Waals surface area contributed by atoms with Crippen LogP contribution < -0.4 is 0 Å². The van der Waals surface area contributed by atoms with Gasteiger partial charge in [0.05, 0.1) is 30.4 Å². The van der Waals surface area contributed by atoms with Crippen molar-refractivity contribution in [3.63, 3.8) is 0 Å². The van der Waals surface area contributed by atoms with Crippen molar-refractivity contribution in [3.8, 4) is 0 Å². The SMILES string of the molecule is Cc1nc2ccccc2s1.Cc1nc2ccccc2s1.I.I. The maximum atomic E-state index is 4.33. The van der Waals surface area contributed by atoms with Crippen LogP contribution in [0, 0.1) is 13.8 Å². The van der Waals surface area contributed by atoms with Crippen LogP contribution in [0.3, 0.4) is 0 Å². The summed E-state index contributed by atoms with van der Waals surface area (Å²) in [5.74, 6) is 0. The minimum absolute atomic E-state index is 0. The molecule has 0 aliphatic carbocycles. The maximum absolute atomic E-state index is 4.33. The lowest BCUT2D eigenvalue weighted by molar-refractivity contribution is 1.35. The van der Waals surface area contributed by atoms with E-state index in [0.717, 1.165) is 21.0 Å². The first-order valence-electron chi connectivity index (χ1n) is 6.37. The molecule has 0 aliphatic heterocycles. The van der Waals surface area contributed by atoms with E-state index in [0.29, 0.717) is 0 Å². The fourth-order valence-electron chi connectivity index (χ4n) is 1.97. The van der Waals surface area contributed by atoms with E-state index in [1.54, 1.807) is 22.7 Å². The summed E-state index contributed by atoms with van der Waals surface area (Å²) in [4.78, 5) is 8.66. The predicted molar refractivity (Wildman–Crippen MR) is 120 cm³/mol. The molecular weight excluding hydrogens is 538 g/mol. The van der Waals surface area contributed by atoms with Crippen LogP contribution in [0.5, 0.6) is 0 Å². The highest BCUT2D eigenvalue weighted by Gasteiger charge is 1.96. The van der Waals surface area contributed by atoms with E-state index in [9.17, 15) is 0 Å². The molecule has 0 bridgehead atoms. The number of para-hydroxylation sites is 2. The lowest BCUT2D eigenvalue weighted by Crippen LogP contribution is -1.65. The van der Waals surface area contributed by atoms with Crippen LogP contribution in [0.25, 0.3) is 20.4 Å². The Morgan fingerprint density at radius 2 is 1.00 bits per heavy atom. The monoisotopic (exact) mass is 554 g/mol. The summed E-state index contributed by atoms with van der Waals surface area (Å²) in [5, 5.41) is 2.28. The molecule has 0 aliphatic rings. The summed E-state index contributed by atoms with van der Waals surface area (Å²) < 4.78 is 2.56. The number of aromatic nitrogens is 2. The molecule has 0 radical (unpaired) electrons. The summed E-state index contributed by atoms with van der Waals surface area (Å²) >= 11 is 3.48. The molecule has 0 amide bonds. The standard InChI is InChI=1S/2C8H7NS.2HI/c2*1-6-9-7-4-2-3-5-8(7)10-6;;/h2*2-5H,1H3;2*1H. The zero-order valence-electron chi connectivity index (χ0n) is 12.1. The Morgan fingerprint density at radius 1 is 0.636 bits per heavy atom. The van der Waals surface area contributed by atoms with Crippen molar-refractivity contribution in [1.82, 2.24) is 9.97 Å². The number of nitrogens with zero attached hydrogens (tertiary/aromatic N) is 2. The summed E-state index contributed by atoms with van der Waals surface area (Å²) in [5.41, 5.74) is 2.23. The quantitative estimate of drug-likeness (QED) is 0.234. The van der Waals surface area contributed by atoms with Gasteiger partial charge in [-0.05, 0) is 38.1 Å². The summed E-state index contributed by atoms with van der Waals surface area (Å²) in [6.07, 6.45) is 0. The minimum atomic E-state index is 0. The Morgan fingerprint density at radius 3 is 1.36 bits per heavy atom. The molecule has 22 heavy (non-hydrogen) atoms. The van der Waals surface area contributed by atoms with Crippen molar-refractivity contribution in [2.24, 2.45) is 0 Å². The number of benzene rings is 2. The molecule has 4 aromatic rings. The van der Waals surface area contributed by atoms with Crippen molar-refractivity contribution in [3.05, 3.63) is 58.5 Å². The number of halogens is 2. The van der Waals surface area contributed by atoms with E-state index in [1.807, 2.05) is 50.2 Å². The molecule has 116 valence electrons. The topological polar surface area (TPSA) is 25.8 Å². The third kappa shape index (κ3) is 4.84.